The van der Waals surface area contributed by atoms with Gasteiger partial charge in [0.2, 0.25) is 0 Å². The molecule has 1 heterocycles. The first-order valence-corrected chi connectivity index (χ1v) is 8.94. The maximum atomic E-state index is 9.91. The predicted octanol–water partition coefficient (Wildman–Crippen LogP) is 6.36. The van der Waals surface area contributed by atoms with E-state index in [1.165, 1.54) is 0 Å². The highest BCUT2D eigenvalue weighted by Gasteiger charge is 2.11. The number of hydrogen-bond donors (Lipinski definition) is 2. The molecule has 0 amide bonds. The van der Waals surface area contributed by atoms with Crippen LogP contribution < -0.4 is 5.32 Å². The lowest BCUT2D eigenvalue weighted by atomic mass is 10.1. The highest BCUT2D eigenvalue weighted by molar-refractivity contribution is 9.11. The van der Waals surface area contributed by atoms with E-state index in [1.807, 2.05) is 48.5 Å². The summed E-state index contributed by atoms with van der Waals surface area (Å²) in [7, 11) is 0. The molecule has 1 aromatic heterocycles. The number of rotatable bonds is 2. The monoisotopic (exact) mass is 442 g/mol. The average molecular weight is 444 g/mol. The van der Waals surface area contributed by atoms with Gasteiger partial charge in [0, 0.05) is 16.5 Å². The quantitative estimate of drug-likeness (QED) is 0.279. The number of para-hydroxylation sites is 2. The van der Waals surface area contributed by atoms with Gasteiger partial charge in [-0.1, -0.05) is 36.4 Å². The molecule has 5 heteroatoms. The molecule has 24 heavy (non-hydrogen) atoms. The Labute approximate surface area is 155 Å². The minimum atomic E-state index is 0.185. The molecule has 0 bridgehead atoms. The number of nitrogens with one attached hydrogen (secondary N) is 1. The van der Waals surface area contributed by atoms with E-state index in [2.05, 4.69) is 49.3 Å². The van der Waals surface area contributed by atoms with Crippen molar-refractivity contribution < 1.29 is 5.11 Å². The number of phenols is 1. The Bertz CT molecular complexity index is 1000. The minimum Gasteiger partial charge on any atom is -0.506 e. The molecule has 4 aromatic rings. The van der Waals surface area contributed by atoms with Crippen LogP contribution in [0.5, 0.6) is 5.75 Å². The molecular weight excluding hydrogens is 432 g/mol. The molecule has 0 saturated heterocycles. The predicted molar refractivity (Wildman–Crippen MR) is 106 cm³/mol. The van der Waals surface area contributed by atoms with Crippen LogP contribution in [-0.4, -0.2) is 10.1 Å². The van der Waals surface area contributed by atoms with E-state index in [9.17, 15) is 5.11 Å². The number of halogens is 2. The molecule has 4 rings (SSSR count). The standard InChI is InChI=1S/C19H12Br2N2O/c20-14-9-11(10-15(21)19(14)24)22-18-12-5-1-3-7-16(12)23-17-8-4-2-6-13(17)18/h1-10,24H,(H,22,23). The molecule has 3 nitrogen and oxygen atoms in total. The van der Waals surface area contributed by atoms with Crippen LogP contribution in [0.25, 0.3) is 21.8 Å². The Morgan fingerprint density at radius 3 is 1.83 bits per heavy atom. The van der Waals surface area contributed by atoms with Gasteiger partial charge in [-0.2, -0.15) is 0 Å². The van der Waals surface area contributed by atoms with E-state index >= 15 is 0 Å². The third-order valence-electron chi connectivity index (χ3n) is 3.87. The summed E-state index contributed by atoms with van der Waals surface area (Å²) in [5.74, 6) is 0.185. The van der Waals surface area contributed by atoms with E-state index in [-0.39, 0.29) is 5.75 Å². The van der Waals surface area contributed by atoms with Crippen molar-refractivity contribution in [2.75, 3.05) is 5.32 Å². The molecule has 0 atom stereocenters. The van der Waals surface area contributed by atoms with Gasteiger partial charge in [-0.15, -0.1) is 0 Å². The fourth-order valence-electron chi connectivity index (χ4n) is 2.76. The lowest BCUT2D eigenvalue weighted by molar-refractivity contribution is 0.468. The zero-order chi connectivity index (χ0) is 16.7. The third kappa shape index (κ3) is 2.64. The number of pyridine rings is 1. The second kappa shape index (κ2) is 6.07. The first kappa shape index (κ1) is 15.4. The van der Waals surface area contributed by atoms with Gasteiger partial charge in [-0.05, 0) is 56.1 Å². The van der Waals surface area contributed by atoms with E-state index in [1.54, 1.807) is 0 Å². The average Bonchev–Trinajstić information content (AvgIpc) is 2.59. The van der Waals surface area contributed by atoms with Gasteiger partial charge in [0.1, 0.15) is 5.75 Å². The second-order valence-electron chi connectivity index (χ2n) is 5.43. The van der Waals surface area contributed by atoms with Crippen molar-refractivity contribution in [1.29, 1.82) is 0 Å². The maximum Gasteiger partial charge on any atom is 0.144 e. The first-order valence-electron chi connectivity index (χ1n) is 7.36. The maximum absolute atomic E-state index is 9.91. The molecule has 118 valence electrons. The van der Waals surface area contributed by atoms with E-state index < -0.39 is 0 Å². The highest BCUT2D eigenvalue weighted by Crippen LogP contribution is 2.38. The Balaban J connectivity index is 1.97. The lowest BCUT2D eigenvalue weighted by Crippen LogP contribution is -1.95. The van der Waals surface area contributed by atoms with Gasteiger partial charge in [-0.25, -0.2) is 4.98 Å². The van der Waals surface area contributed by atoms with Crippen molar-refractivity contribution >= 4 is 65.0 Å². The number of fused-ring (bicyclic) bond motifs is 2. The Morgan fingerprint density at radius 2 is 1.29 bits per heavy atom. The molecule has 0 spiro atoms. The van der Waals surface area contributed by atoms with Crippen molar-refractivity contribution in [3.05, 3.63) is 69.6 Å². The number of anilines is 2. The Hall–Kier alpha value is -2.11. The number of benzene rings is 3. The summed E-state index contributed by atoms with van der Waals surface area (Å²) in [5, 5.41) is 15.5. The summed E-state index contributed by atoms with van der Waals surface area (Å²) >= 11 is 6.75. The SMILES string of the molecule is Oc1c(Br)cc(Nc2c3ccccc3nc3ccccc23)cc1Br. The van der Waals surface area contributed by atoms with Crippen molar-refractivity contribution in [2.45, 2.75) is 0 Å². The van der Waals surface area contributed by atoms with Gasteiger partial charge in [0.25, 0.3) is 0 Å². The molecule has 0 aliphatic rings. The summed E-state index contributed by atoms with van der Waals surface area (Å²) in [6, 6.07) is 19.8. The van der Waals surface area contributed by atoms with Gasteiger partial charge in [-0.3, -0.25) is 0 Å². The molecule has 3 aromatic carbocycles. The minimum absolute atomic E-state index is 0.185. The van der Waals surface area contributed by atoms with Crippen molar-refractivity contribution in [3.63, 3.8) is 0 Å². The molecule has 0 aliphatic heterocycles. The summed E-state index contributed by atoms with van der Waals surface area (Å²) in [5.41, 5.74) is 3.75. The number of aromatic nitrogens is 1. The van der Waals surface area contributed by atoms with Crippen LogP contribution in [0.15, 0.2) is 69.6 Å². The normalized spacial score (nSPS) is 11.1. The molecule has 0 radical (unpaired) electrons. The highest BCUT2D eigenvalue weighted by atomic mass is 79.9. The van der Waals surface area contributed by atoms with Gasteiger partial charge < -0.3 is 10.4 Å². The summed E-state index contributed by atoms with van der Waals surface area (Å²) < 4.78 is 1.25. The van der Waals surface area contributed by atoms with Crippen LogP contribution in [0.1, 0.15) is 0 Å². The van der Waals surface area contributed by atoms with E-state index in [4.69, 9.17) is 4.98 Å². The zero-order valence-electron chi connectivity index (χ0n) is 12.4. The van der Waals surface area contributed by atoms with Crippen LogP contribution in [0, 0.1) is 0 Å². The van der Waals surface area contributed by atoms with Crippen LogP contribution in [-0.2, 0) is 0 Å². The molecule has 0 fully saturated rings. The lowest BCUT2D eigenvalue weighted by Gasteiger charge is -2.14. The fraction of sp³-hybridized carbons (Fsp3) is 0. The first-order chi connectivity index (χ1) is 11.6. The number of nitrogens with zero attached hydrogens (tertiary/aromatic N) is 1. The topological polar surface area (TPSA) is 45.1 Å². The number of hydrogen-bond acceptors (Lipinski definition) is 3. The van der Waals surface area contributed by atoms with Crippen molar-refractivity contribution in [2.24, 2.45) is 0 Å². The zero-order valence-corrected chi connectivity index (χ0v) is 15.6. The molecule has 0 saturated carbocycles. The molecule has 2 N–H and O–H groups in total. The van der Waals surface area contributed by atoms with Crippen LogP contribution in [0.2, 0.25) is 0 Å². The van der Waals surface area contributed by atoms with Crippen molar-refractivity contribution in [3.8, 4) is 5.75 Å². The Morgan fingerprint density at radius 1 is 0.792 bits per heavy atom. The number of phenolic OH excluding ortho intramolecular Hbond substituents is 1. The molecule has 0 unspecified atom stereocenters. The van der Waals surface area contributed by atoms with Crippen LogP contribution in [0.4, 0.5) is 11.4 Å². The second-order valence-corrected chi connectivity index (χ2v) is 7.14. The van der Waals surface area contributed by atoms with Gasteiger partial charge in [0.15, 0.2) is 0 Å². The summed E-state index contributed by atoms with van der Waals surface area (Å²) in [6.45, 7) is 0. The number of aromatic hydroxyl groups is 1. The van der Waals surface area contributed by atoms with Gasteiger partial charge >= 0.3 is 0 Å². The van der Waals surface area contributed by atoms with E-state index in [0.29, 0.717) is 8.95 Å². The molecular formula is C19H12Br2N2O. The van der Waals surface area contributed by atoms with Crippen LogP contribution >= 0.6 is 31.9 Å². The summed E-state index contributed by atoms with van der Waals surface area (Å²) in [6.07, 6.45) is 0. The fourth-order valence-corrected chi connectivity index (χ4v) is 3.94. The molecule has 0 aliphatic carbocycles. The third-order valence-corrected chi connectivity index (χ3v) is 5.08. The smallest absolute Gasteiger partial charge is 0.144 e. The van der Waals surface area contributed by atoms with Crippen molar-refractivity contribution in [1.82, 2.24) is 4.98 Å². The largest absolute Gasteiger partial charge is 0.506 e. The van der Waals surface area contributed by atoms with Crippen LogP contribution in [0.3, 0.4) is 0 Å². The summed E-state index contributed by atoms with van der Waals surface area (Å²) in [4.78, 5) is 4.73. The Kier molecular flexibility index (Phi) is 3.90. The van der Waals surface area contributed by atoms with E-state index in [0.717, 1.165) is 33.2 Å². The van der Waals surface area contributed by atoms with Gasteiger partial charge in [0.05, 0.1) is 25.7 Å².